The first kappa shape index (κ1) is 22.1. The Balaban J connectivity index is 1.73. The van der Waals surface area contributed by atoms with Gasteiger partial charge in [0.25, 0.3) is 5.91 Å². The van der Waals surface area contributed by atoms with Crippen LogP contribution in [-0.2, 0) is 17.8 Å². The zero-order valence-electron chi connectivity index (χ0n) is 16.9. The minimum absolute atomic E-state index is 0.0667. The number of amides is 1. The predicted molar refractivity (Wildman–Crippen MR) is 124 cm³/mol. The van der Waals surface area contributed by atoms with Gasteiger partial charge in [0, 0.05) is 12.0 Å². The van der Waals surface area contributed by atoms with Gasteiger partial charge in [0.2, 0.25) is 0 Å². The molecule has 156 valence electrons. The van der Waals surface area contributed by atoms with Gasteiger partial charge in [-0.2, -0.15) is 0 Å². The molecule has 0 unspecified atom stereocenters. The molecule has 2 aromatic rings. The van der Waals surface area contributed by atoms with Crippen LogP contribution >= 0.6 is 24.0 Å². The number of rotatable bonds is 8. The van der Waals surface area contributed by atoms with Crippen molar-refractivity contribution in [2.24, 2.45) is 0 Å². The Morgan fingerprint density at radius 1 is 1.20 bits per heavy atom. The second-order valence-corrected chi connectivity index (χ2v) is 8.55. The highest BCUT2D eigenvalue weighted by Crippen LogP contribution is 2.30. The van der Waals surface area contributed by atoms with Crippen LogP contribution in [0.25, 0.3) is 6.08 Å². The lowest BCUT2D eigenvalue weighted by Crippen LogP contribution is -2.17. The third-order valence-corrected chi connectivity index (χ3v) is 5.88. The standard InChI is InChI=1S/C23H23NO4S2/c1-3-5-17-15(8-11-18(21(17)26)19(25)4-2)13-28-16-9-6-14(7-10-16)12-20-22(27)24-23(29)30-20/h6-12,26H,3-5,13H2,1-2H3,(H,24,27,29)/b20-12-. The van der Waals surface area contributed by atoms with Crippen LogP contribution in [-0.4, -0.2) is 21.1 Å². The van der Waals surface area contributed by atoms with Gasteiger partial charge in [0.1, 0.15) is 22.4 Å². The van der Waals surface area contributed by atoms with Crippen LogP contribution in [0.3, 0.4) is 0 Å². The first-order valence-corrected chi connectivity index (χ1v) is 11.0. The van der Waals surface area contributed by atoms with E-state index >= 15 is 0 Å². The van der Waals surface area contributed by atoms with Crippen LogP contribution in [0.4, 0.5) is 0 Å². The molecule has 0 aromatic heterocycles. The minimum atomic E-state index is -0.182. The van der Waals surface area contributed by atoms with Gasteiger partial charge < -0.3 is 15.2 Å². The van der Waals surface area contributed by atoms with E-state index in [0.717, 1.165) is 23.1 Å². The van der Waals surface area contributed by atoms with E-state index in [-0.39, 0.29) is 24.0 Å². The summed E-state index contributed by atoms with van der Waals surface area (Å²) >= 11 is 6.24. The minimum Gasteiger partial charge on any atom is -0.507 e. The van der Waals surface area contributed by atoms with Crippen LogP contribution in [0.2, 0.25) is 0 Å². The van der Waals surface area contributed by atoms with Crippen LogP contribution in [0.5, 0.6) is 11.5 Å². The maximum atomic E-state index is 12.0. The summed E-state index contributed by atoms with van der Waals surface area (Å²) in [7, 11) is 0. The first-order chi connectivity index (χ1) is 14.4. The first-order valence-electron chi connectivity index (χ1n) is 9.77. The van der Waals surface area contributed by atoms with E-state index in [2.05, 4.69) is 5.32 Å². The monoisotopic (exact) mass is 441 g/mol. The Kier molecular flexibility index (Phi) is 7.29. The summed E-state index contributed by atoms with van der Waals surface area (Å²) in [6.07, 6.45) is 3.65. The second kappa shape index (κ2) is 9.91. The molecule has 1 aliphatic rings. The van der Waals surface area contributed by atoms with Crippen molar-refractivity contribution < 1.29 is 19.4 Å². The number of thioether (sulfide) groups is 1. The summed E-state index contributed by atoms with van der Waals surface area (Å²) in [5.41, 5.74) is 2.87. The number of hydrogen-bond acceptors (Lipinski definition) is 6. The highest BCUT2D eigenvalue weighted by Gasteiger charge is 2.22. The Morgan fingerprint density at radius 3 is 2.53 bits per heavy atom. The fourth-order valence-corrected chi connectivity index (χ4v) is 4.20. The van der Waals surface area contributed by atoms with E-state index < -0.39 is 0 Å². The lowest BCUT2D eigenvalue weighted by atomic mass is 9.96. The van der Waals surface area contributed by atoms with E-state index in [0.29, 0.717) is 33.4 Å². The fourth-order valence-electron chi connectivity index (χ4n) is 3.15. The molecule has 0 saturated carbocycles. The number of ketones is 1. The molecular formula is C23H23NO4S2. The SMILES string of the molecule is CCCc1c(COc2ccc(/C=C3\SC(=S)NC3=O)cc2)ccc(C(=O)CC)c1O. The summed E-state index contributed by atoms with van der Waals surface area (Å²) in [5.74, 6) is 0.486. The van der Waals surface area contributed by atoms with Crippen molar-refractivity contribution in [3.8, 4) is 11.5 Å². The van der Waals surface area contributed by atoms with Crippen molar-refractivity contribution in [1.29, 1.82) is 0 Å². The van der Waals surface area contributed by atoms with E-state index in [1.54, 1.807) is 19.1 Å². The molecule has 0 aliphatic carbocycles. The number of benzene rings is 2. The Morgan fingerprint density at radius 2 is 1.93 bits per heavy atom. The second-order valence-electron chi connectivity index (χ2n) is 6.84. The van der Waals surface area contributed by atoms with Crippen LogP contribution in [0.15, 0.2) is 41.3 Å². The van der Waals surface area contributed by atoms with E-state index in [1.165, 1.54) is 11.8 Å². The van der Waals surface area contributed by atoms with Crippen LogP contribution in [0.1, 0.15) is 53.7 Å². The molecule has 1 fully saturated rings. The molecule has 1 heterocycles. The number of phenols is 1. The van der Waals surface area contributed by atoms with Crippen molar-refractivity contribution in [2.45, 2.75) is 39.7 Å². The van der Waals surface area contributed by atoms with E-state index in [9.17, 15) is 14.7 Å². The Bertz CT molecular complexity index is 1010. The Hall–Kier alpha value is -2.64. The Labute approximate surface area is 185 Å². The number of aromatic hydroxyl groups is 1. The quantitative estimate of drug-likeness (QED) is 0.341. The molecule has 5 nitrogen and oxygen atoms in total. The van der Waals surface area contributed by atoms with Crippen molar-refractivity contribution in [2.75, 3.05) is 0 Å². The van der Waals surface area contributed by atoms with Gasteiger partial charge in [0.05, 0.1) is 10.5 Å². The molecule has 2 N–H and O–H groups in total. The molecule has 2 aromatic carbocycles. The van der Waals surface area contributed by atoms with Crippen LogP contribution in [0, 0.1) is 0 Å². The van der Waals surface area contributed by atoms with E-state index in [4.69, 9.17) is 17.0 Å². The van der Waals surface area contributed by atoms with Crippen molar-refractivity contribution in [1.82, 2.24) is 5.32 Å². The summed E-state index contributed by atoms with van der Waals surface area (Å²) < 4.78 is 6.36. The largest absolute Gasteiger partial charge is 0.507 e. The molecule has 1 saturated heterocycles. The number of Topliss-reactive ketones (excluding diaryl/α,β-unsaturated/α-hetero) is 1. The van der Waals surface area contributed by atoms with Crippen molar-refractivity contribution in [3.05, 3.63) is 63.6 Å². The van der Waals surface area contributed by atoms with Gasteiger partial charge in [-0.15, -0.1) is 0 Å². The molecule has 0 bridgehead atoms. The molecule has 0 spiro atoms. The molecule has 0 radical (unpaired) electrons. The average Bonchev–Trinajstić information content (AvgIpc) is 3.05. The lowest BCUT2D eigenvalue weighted by Gasteiger charge is -2.15. The molecule has 1 amide bonds. The van der Waals surface area contributed by atoms with Gasteiger partial charge in [-0.05, 0) is 41.8 Å². The number of ether oxygens (including phenoxy) is 1. The molecular weight excluding hydrogens is 418 g/mol. The van der Waals surface area contributed by atoms with Crippen LogP contribution < -0.4 is 10.1 Å². The molecule has 1 aliphatic heterocycles. The summed E-state index contributed by atoms with van der Waals surface area (Å²) in [6.45, 7) is 4.10. The van der Waals surface area contributed by atoms with Gasteiger partial charge in [0.15, 0.2) is 5.78 Å². The number of hydrogen-bond donors (Lipinski definition) is 2. The maximum absolute atomic E-state index is 12.0. The zero-order chi connectivity index (χ0) is 21.7. The predicted octanol–water partition coefficient (Wildman–Crippen LogP) is 5.01. The lowest BCUT2D eigenvalue weighted by molar-refractivity contribution is -0.115. The van der Waals surface area contributed by atoms with Crippen molar-refractivity contribution >= 4 is 46.1 Å². The number of phenolic OH excluding ortho intramolecular Hbond substituents is 1. The number of carbonyl (C=O) groups is 2. The molecule has 3 rings (SSSR count). The zero-order valence-corrected chi connectivity index (χ0v) is 18.5. The van der Waals surface area contributed by atoms with Gasteiger partial charge in [-0.1, -0.05) is 62.4 Å². The third kappa shape index (κ3) is 5.09. The highest BCUT2D eigenvalue weighted by atomic mass is 32.2. The number of thiocarbonyl (C=S) groups is 1. The summed E-state index contributed by atoms with van der Waals surface area (Å²) in [5, 5.41) is 13.2. The average molecular weight is 442 g/mol. The normalized spacial score (nSPS) is 14.8. The van der Waals surface area contributed by atoms with Gasteiger partial charge >= 0.3 is 0 Å². The highest BCUT2D eigenvalue weighted by molar-refractivity contribution is 8.26. The van der Waals surface area contributed by atoms with Gasteiger partial charge in [-0.25, -0.2) is 0 Å². The number of carbonyl (C=O) groups excluding carboxylic acids is 2. The smallest absolute Gasteiger partial charge is 0.263 e. The molecule has 0 atom stereocenters. The van der Waals surface area contributed by atoms with E-state index in [1.807, 2.05) is 37.3 Å². The molecule has 30 heavy (non-hydrogen) atoms. The summed E-state index contributed by atoms with van der Waals surface area (Å²) in [6, 6.07) is 10.9. The maximum Gasteiger partial charge on any atom is 0.263 e. The van der Waals surface area contributed by atoms with Crippen molar-refractivity contribution in [3.63, 3.8) is 0 Å². The van der Waals surface area contributed by atoms with Gasteiger partial charge in [-0.3, -0.25) is 9.59 Å². The topological polar surface area (TPSA) is 75.6 Å². The third-order valence-electron chi connectivity index (χ3n) is 4.72. The fraction of sp³-hybridized carbons (Fsp3) is 0.261. The number of nitrogens with one attached hydrogen (secondary N) is 1. The summed E-state index contributed by atoms with van der Waals surface area (Å²) in [4.78, 5) is 24.4. The molecule has 7 heteroatoms.